The fraction of sp³-hybridized carbons (Fsp3) is 0.529. The third kappa shape index (κ3) is 6.69. The molecule has 8 heteroatoms. The van der Waals surface area contributed by atoms with E-state index >= 15 is 0 Å². The zero-order valence-electron chi connectivity index (χ0n) is 24.8. The molecule has 5 rings (SSSR count). The number of nitrogens with one attached hydrogen (secondary N) is 1. The highest BCUT2D eigenvalue weighted by atomic mass is 16.5. The monoisotopic (exact) mass is 572 g/mol. The van der Waals surface area contributed by atoms with E-state index in [0.717, 1.165) is 62.5 Å². The predicted molar refractivity (Wildman–Crippen MR) is 158 cm³/mol. The van der Waals surface area contributed by atoms with Crippen LogP contribution in [0.15, 0.2) is 53.6 Å². The first-order valence-corrected chi connectivity index (χ1v) is 15.4. The van der Waals surface area contributed by atoms with Gasteiger partial charge in [0, 0.05) is 17.5 Å². The van der Waals surface area contributed by atoms with Crippen LogP contribution in [-0.2, 0) is 30.3 Å². The molecule has 0 saturated heterocycles. The van der Waals surface area contributed by atoms with Crippen LogP contribution < -0.4 is 5.32 Å². The first-order chi connectivity index (χ1) is 20.3. The Morgan fingerprint density at radius 3 is 2.40 bits per heavy atom. The maximum atomic E-state index is 14.2. The number of anilines is 1. The molecule has 2 atom stereocenters. The van der Waals surface area contributed by atoms with Gasteiger partial charge < -0.3 is 10.1 Å². The van der Waals surface area contributed by atoms with Gasteiger partial charge in [-0.1, -0.05) is 75.4 Å². The van der Waals surface area contributed by atoms with E-state index in [-0.39, 0.29) is 54.9 Å². The molecule has 2 aromatic rings. The lowest BCUT2D eigenvalue weighted by molar-refractivity contribution is -0.509. The van der Waals surface area contributed by atoms with Crippen molar-refractivity contribution in [3.63, 3.8) is 0 Å². The summed E-state index contributed by atoms with van der Waals surface area (Å²) in [6, 6.07) is 14.7. The average Bonchev–Trinajstić information content (AvgIpc) is 3.41. The Labute approximate surface area is 247 Å². The van der Waals surface area contributed by atoms with Gasteiger partial charge in [0.1, 0.15) is 17.7 Å². The van der Waals surface area contributed by atoms with Crippen LogP contribution in [-0.4, -0.2) is 41.9 Å². The maximum absolute atomic E-state index is 14.2. The van der Waals surface area contributed by atoms with Crippen molar-refractivity contribution >= 4 is 29.3 Å². The summed E-state index contributed by atoms with van der Waals surface area (Å²) in [7, 11) is 1.34. The van der Waals surface area contributed by atoms with Crippen LogP contribution in [0.5, 0.6) is 0 Å². The number of hydrogen-bond acceptors (Lipinski definition) is 6. The number of ketones is 1. The van der Waals surface area contributed by atoms with E-state index in [2.05, 4.69) is 11.4 Å². The number of methoxy groups -OCH3 is 1. The van der Waals surface area contributed by atoms with Gasteiger partial charge in [0.25, 0.3) is 12.5 Å². The summed E-state index contributed by atoms with van der Waals surface area (Å²) < 4.78 is 6.09. The van der Waals surface area contributed by atoms with E-state index in [0.29, 0.717) is 11.3 Å². The molecule has 2 unspecified atom stereocenters. The SMILES string of the molecule is COC(=O)Cc1cccc(NC(=O)C[N+]2=NC(C3CCCCC3)c3ccccc3C(CC(=O)C3(C)CCCC3)C2=O)c1. The summed E-state index contributed by atoms with van der Waals surface area (Å²) in [6.07, 6.45) is 9.45. The number of carbonyl (C=O) groups excluding carboxylic acids is 4. The van der Waals surface area contributed by atoms with Crippen LogP contribution >= 0.6 is 0 Å². The first-order valence-electron chi connectivity index (χ1n) is 15.4. The quantitative estimate of drug-likeness (QED) is 0.281. The molecule has 1 heterocycles. The van der Waals surface area contributed by atoms with Crippen molar-refractivity contribution < 1.29 is 28.6 Å². The van der Waals surface area contributed by atoms with Gasteiger partial charge in [0.2, 0.25) is 0 Å². The number of azo groups is 2. The molecule has 1 N–H and O–H groups in total. The minimum atomic E-state index is -0.681. The van der Waals surface area contributed by atoms with Crippen LogP contribution in [0.1, 0.15) is 99.8 Å². The minimum Gasteiger partial charge on any atom is -0.469 e. The third-order valence-corrected chi connectivity index (χ3v) is 9.45. The van der Waals surface area contributed by atoms with Crippen LogP contribution in [0.25, 0.3) is 0 Å². The molecule has 42 heavy (non-hydrogen) atoms. The normalized spacial score (nSPS) is 22.0. The molecule has 3 aliphatic rings. The Kier molecular flexibility index (Phi) is 9.29. The van der Waals surface area contributed by atoms with Crippen molar-refractivity contribution in [1.29, 1.82) is 0 Å². The van der Waals surface area contributed by atoms with Gasteiger partial charge in [0.15, 0.2) is 0 Å². The van der Waals surface area contributed by atoms with Crippen LogP contribution in [0.4, 0.5) is 5.69 Å². The zero-order valence-corrected chi connectivity index (χ0v) is 24.8. The topological polar surface area (TPSA) is 105 Å². The van der Waals surface area contributed by atoms with Crippen LogP contribution in [0.2, 0.25) is 0 Å². The highest BCUT2D eigenvalue weighted by Gasteiger charge is 2.46. The second-order valence-electron chi connectivity index (χ2n) is 12.4. The van der Waals surface area contributed by atoms with Crippen LogP contribution in [0, 0.1) is 11.3 Å². The minimum absolute atomic E-state index is 0.0934. The molecule has 1 aliphatic heterocycles. The number of amides is 2. The van der Waals surface area contributed by atoms with Gasteiger partial charge in [-0.25, -0.2) is 4.79 Å². The van der Waals surface area contributed by atoms with E-state index in [4.69, 9.17) is 9.85 Å². The van der Waals surface area contributed by atoms with Crippen molar-refractivity contribution in [1.82, 2.24) is 0 Å². The number of rotatable bonds is 9. The fourth-order valence-electron chi connectivity index (χ4n) is 6.99. The van der Waals surface area contributed by atoms with E-state index in [1.165, 1.54) is 18.2 Å². The molecule has 0 bridgehead atoms. The fourth-order valence-corrected chi connectivity index (χ4v) is 6.99. The van der Waals surface area contributed by atoms with Crippen molar-refractivity contribution in [2.45, 2.75) is 89.5 Å². The number of benzene rings is 2. The van der Waals surface area contributed by atoms with E-state index < -0.39 is 11.3 Å². The van der Waals surface area contributed by atoms with Crippen LogP contribution in [0.3, 0.4) is 0 Å². The van der Waals surface area contributed by atoms with Gasteiger partial charge in [-0.15, -0.1) is 0 Å². The average molecular weight is 573 g/mol. The van der Waals surface area contributed by atoms with E-state index in [1.54, 1.807) is 24.3 Å². The van der Waals surface area contributed by atoms with E-state index in [9.17, 15) is 19.2 Å². The van der Waals surface area contributed by atoms with Crippen molar-refractivity contribution in [2.24, 2.45) is 16.4 Å². The molecular weight excluding hydrogens is 530 g/mol. The first kappa shape index (κ1) is 29.8. The number of carbonyl (C=O) groups is 4. The summed E-state index contributed by atoms with van der Waals surface area (Å²) in [4.78, 5) is 53.0. The van der Waals surface area contributed by atoms with E-state index in [1.807, 2.05) is 25.1 Å². The van der Waals surface area contributed by atoms with Crippen molar-refractivity contribution in [2.75, 3.05) is 19.0 Å². The molecule has 0 radical (unpaired) electrons. The summed E-state index contributed by atoms with van der Waals surface area (Å²) in [5, 5.41) is 7.87. The number of ether oxygens (including phenoxy) is 1. The molecule has 2 fully saturated rings. The van der Waals surface area contributed by atoms with Crippen molar-refractivity contribution in [3.05, 3.63) is 65.2 Å². The number of Topliss-reactive ketones (excluding diaryl/α,β-unsaturated/α-hetero) is 1. The lowest BCUT2D eigenvalue weighted by Gasteiger charge is -2.27. The molecule has 0 aromatic heterocycles. The van der Waals surface area contributed by atoms with Gasteiger partial charge >= 0.3 is 11.9 Å². The number of esters is 1. The smallest absolute Gasteiger partial charge is 0.419 e. The highest BCUT2D eigenvalue weighted by molar-refractivity contribution is 5.94. The standard InChI is InChI=1S/C34H41N3O5/c1-34(17-8-9-18-34)29(38)21-28-26-15-6-7-16-27(26)32(24-12-4-3-5-13-24)36-37(33(28)41)22-30(39)35-25-14-10-11-23(19-25)20-31(40)42-2/h6-7,10-11,14-16,19,24,28,32H,3-5,8-9,12-13,17-18,20-22H2,1-2H3/p+1. The Morgan fingerprint density at radius 1 is 0.976 bits per heavy atom. The van der Waals surface area contributed by atoms with Gasteiger partial charge in [-0.3, -0.25) is 14.4 Å². The Bertz CT molecular complexity index is 1370. The largest absolute Gasteiger partial charge is 0.469 e. The highest BCUT2D eigenvalue weighted by Crippen LogP contribution is 2.45. The molecule has 2 aliphatic carbocycles. The zero-order chi connectivity index (χ0) is 29.7. The Hall–Kier alpha value is -3.68. The predicted octanol–water partition coefficient (Wildman–Crippen LogP) is 6.29. The van der Waals surface area contributed by atoms with Gasteiger partial charge in [-0.05, 0) is 70.2 Å². The lowest BCUT2D eigenvalue weighted by Crippen LogP contribution is -2.35. The van der Waals surface area contributed by atoms with Crippen molar-refractivity contribution in [3.8, 4) is 0 Å². The molecule has 2 saturated carbocycles. The number of nitrogens with zero attached hydrogens (tertiary/aromatic N) is 2. The lowest BCUT2D eigenvalue weighted by atomic mass is 9.75. The third-order valence-electron chi connectivity index (χ3n) is 9.45. The second kappa shape index (κ2) is 13.1. The molecule has 2 aromatic carbocycles. The molecule has 8 nitrogen and oxygen atoms in total. The Morgan fingerprint density at radius 2 is 1.69 bits per heavy atom. The number of hydrogen-bond donors (Lipinski definition) is 1. The summed E-state index contributed by atoms with van der Waals surface area (Å²) in [6.45, 7) is 1.78. The molecule has 0 spiro atoms. The second-order valence-corrected chi connectivity index (χ2v) is 12.4. The molecular formula is C34H42N3O5+. The summed E-state index contributed by atoms with van der Waals surface area (Å²) in [5.74, 6) is -1.34. The Balaban J connectivity index is 1.44. The molecule has 222 valence electrons. The van der Waals surface area contributed by atoms with Gasteiger partial charge in [-0.2, -0.15) is 0 Å². The summed E-state index contributed by atoms with van der Waals surface area (Å²) in [5.41, 5.74) is 2.71. The molecule has 2 amide bonds. The van der Waals surface area contributed by atoms with Gasteiger partial charge in [0.05, 0.1) is 13.5 Å². The summed E-state index contributed by atoms with van der Waals surface area (Å²) >= 11 is 0. The number of fused-ring (bicyclic) bond motifs is 1. The maximum Gasteiger partial charge on any atom is 0.419 e.